The number of rotatable bonds is 10. The predicted octanol–water partition coefficient (Wildman–Crippen LogP) is 3.97. The Bertz CT molecular complexity index is 847. The summed E-state index contributed by atoms with van der Waals surface area (Å²) in [6.45, 7) is 8.37. The van der Waals surface area contributed by atoms with Crippen molar-refractivity contribution in [1.82, 2.24) is 14.9 Å². The summed E-state index contributed by atoms with van der Waals surface area (Å²) < 4.78 is 27.1. The van der Waals surface area contributed by atoms with Gasteiger partial charge in [-0.2, -0.15) is 15.6 Å². The molecule has 2 aromatic heterocycles. The van der Waals surface area contributed by atoms with E-state index in [0.29, 0.717) is 29.8 Å². The molecule has 164 valence electrons. The van der Waals surface area contributed by atoms with Crippen LogP contribution in [0, 0.1) is 0 Å². The van der Waals surface area contributed by atoms with Gasteiger partial charge in [-0.1, -0.05) is 20.8 Å². The summed E-state index contributed by atoms with van der Waals surface area (Å²) in [7, 11) is -1.62. The lowest BCUT2D eigenvalue weighted by atomic mass is 10.1. The van der Waals surface area contributed by atoms with Crippen LogP contribution in [0.15, 0.2) is 38.2 Å². The second kappa shape index (κ2) is 12.9. The van der Waals surface area contributed by atoms with Crippen molar-refractivity contribution in [2.45, 2.75) is 37.3 Å². The summed E-state index contributed by atoms with van der Waals surface area (Å²) in [5, 5.41) is 10.9. The highest BCUT2D eigenvalue weighted by Crippen LogP contribution is 2.25. The predicted molar refractivity (Wildman–Crippen MR) is 136 cm³/mol. The van der Waals surface area contributed by atoms with E-state index in [-0.39, 0.29) is 24.0 Å². The van der Waals surface area contributed by atoms with Gasteiger partial charge in [0.1, 0.15) is 4.21 Å². The third-order valence-corrected chi connectivity index (χ3v) is 8.88. The first-order chi connectivity index (χ1) is 13.4. The molecule has 0 spiro atoms. The average molecular weight is 571 g/mol. The maximum Gasteiger partial charge on any atom is 0.252 e. The molecular formula is C19H31IN4O2S3. The highest BCUT2D eigenvalue weighted by atomic mass is 127. The summed E-state index contributed by atoms with van der Waals surface area (Å²) in [4.78, 5) is 5.30. The van der Waals surface area contributed by atoms with Crippen molar-refractivity contribution < 1.29 is 8.42 Å². The number of sulfonamides is 1. The van der Waals surface area contributed by atoms with Gasteiger partial charge >= 0.3 is 0 Å². The van der Waals surface area contributed by atoms with Crippen LogP contribution in [0.4, 0.5) is 0 Å². The minimum atomic E-state index is -3.37. The molecule has 10 heteroatoms. The van der Waals surface area contributed by atoms with Gasteiger partial charge in [-0.05, 0) is 46.9 Å². The number of nitrogens with zero attached hydrogens (tertiary/aromatic N) is 2. The van der Waals surface area contributed by atoms with Gasteiger partial charge in [0.05, 0.1) is 0 Å². The molecule has 0 aliphatic heterocycles. The van der Waals surface area contributed by atoms with Crippen LogP contribution in [0.2, 0.25) is 0 Å². The SMILES string of the molecule is CCN(CC)S(=O)(=O)c1ccc(CCNC(=NC)NCC(C)c2ccsc2)s1.I. The molecule has 0 radical (unpaired) electrons. The summed E-state index contributed by atoms with van der Waals surface area (Å²) in [6.07, 6.45) is 0.749. The summed E-state index contributed by atoms with van der Waals surface area (Å²) >= 11 is 3.06. The lowest BCUT2D eigenvalue weighted by molar-refractivity contribution is 0.447. The molecule has 0 aliphatic carbocycles. The first-order valence-electron chi connectivity index (χ1n) is 9.47. The zero-order valence-corrected chi connectivity index (χ0v) is 22.1. The maximum absolute atomic E-state index is 12.6. The third kappa shape index (κ3) is 7.50. The van der Waals surface area contributed by atoms with Crippen LogP contribution in [0.1, 0.15) is 37.1 Å². The Kier molecular flexibility index (Phi) is 11.7. The van der Waals surface area contributed by atoms with Gasteiger partial charge in [0.25, 0.3) is 10.0 Å². The average Bonchev–Trinajstić information content (AvgIpc) is 3.37. The molecule has 0 fully saturated rings. The smallest absolute Gasteiger partial charge is 0.252 e. The summed E-state index contributed by atoms with van der Waals surface area (Å²) in [5.74, 6) is 1.17. The van der Waals surface area contributed by atoms with E-state index in [2.05, 4.69) is 39.4 Å². The van der Waals surface area contributed by atoms with Crippen molar-refractivity contribution in [2.75, 3.05) is 33.2 Å². The largest absolute Gasteiger partial charge is 0.356 e. The van der Waals surface area contributed by atoms with Crippen molar-refractivity contribution in [2.24, 2.45) is 4.99 Å². The Balaban J connectivity index is 0.00000420. The monoisotopic (exact) mass is 570 g/mol. The van der Waals surface area contributed by atoms with E-state index in [1.165, 1.54) is 21.2 Å². The minimum absolute atomic E-state index is 0. The third-order valence-electron chi connectivity index (χ3n) is 4.51. The quantitative estimate of drug-likeness (QED) is 0.258. The number of hydrogen-bond acceptors (Lipinski definition) is 5. The molecule has 6 nitrogen and oxygen atoms in total. The Morgan fingerprint density at radius 3 is 2.52 bits per heavy atom. The number of nitrogens with one attached hydrogen (secondary N) is 2. The van der Waals surface area contributed by atoms with Crippen molar-refractivity contribution in [3.05, 3.63) is 39.4 Å². The number of guanidine groups is 1. The van der Waals surface area contributed by atoms with Crippen LogP contribution in [0.25, 0.3) is 0 Å². The van der Waals surface area contributed by atoms with Gasteiger partial charge < -0.3 is 10.6 Å². The van der Waals surface area contributed by atoms with E-state index >= 15 is 0 Å². The van der Waals surface area contributed by atoms with Crippen LogP contribution >= 0.6 is 46.7 Å². The van der Waals surface area contributed by atoms with Gasteiger partial charge in [-0.3, -0.25) is 4.99 Å². The van der Waals surface area contributed by atoms with Crippen LogP contribution in [-0.2, 0) is 16.4 Å². The zero-order valence-electron chi connectivity index (χ0n) is 17.3. The van der Waals surface area contributed by atoms with Crippen LogP contribution < -0.4 is 10.6 Å². The van der Waals surface area contributed by atoms with E-state index in [1.54, 1.807) is 24.5 Å². The summed E-state index contributed by atoms with van der Waals surface area (Å²) in [5.41, 5.74) is 1.33. The molecule has 0 bridgehead atoms. The summed E-state index contributed by atoms with van der Waals surface area (Å²) in [6, 6.07) is 5.76. The van der Waals surface area contributed by atoms with E-state index in [9.17, 15) is 8.42 Å². The van der Waals surface area contributed by atoms with Gasteiger partial charge in [0.2, 0.25) is 0 Å². The molecule has 1 atom stereocenters. The van der Waals surface area contributed by atoms with Gasteiger partial charge in [-0.15, -0.1) is 35.3 Å². The fourth-order valence-electron chi connectivity index (χ4n) is 2.77. The Hall–Kier alpha value is -0.690. The molecule has 0 aliphatic rings. The topological polar surface area (TPSA) is 73.8 Å². The molecule has 2 aromatic rings. The fraction of sp³-hybridized carbons (Fsp3) is 0.526. The second-order valence-electron chi connectivity index (χ2n) is 6.40. The van der Waals surface area contributed by atoms with Gasteiger partial charge in [-0.25, -0.2) is 8.42 Å². The molecule has 0 saturated heterocycles. The Morgan fingerprint density at radius 2 is 1.93 bits per heavy atom. The van der Waals surface area contributed by atoms with E-state index in [1.807, 2.05) is 19.9 Å². The van der Waals surface area contributed by atoms with E-state index in [4.69, 9.17) is 0 Å². The fourth-order valence-corrected chi connectivity index (χ4v) is 6.52. The zero-order chi connectivity index (χ0) is 20.6. The second-order valence-corrected chi connectivity index (χ2v) is 10.5. The van der Waals surface area contributed by atoms with Crippen LogP contribution in [-0.4, -0.2) is 51.9 Å². The van der Waals surface area contributed by atoms with Crippen LogP contribution in [0.5, 0.6) is 0 Å². The van der Waals surface area contributed by atoms with E-state index in [0.717, 1.165) is 23.8 Å². The van der Waals surface area contributed by atoms with Crippen molar-refractivity contribution in [3.8, 4) is 0 Å². The van der Waals surface area contributed by atoms with Crippen LogP contribution in [0.3, 0.4) is 0 Å². The molecule has 2 heterocycles. The van der Waals surface area contributed by atoms with Crippen molar-refractivity contribution >= 4 is 62.6 Å². The number of aliphatic imine (C=N–C) groups is 1. The molecule has 2 rings (SSSR count). The molecule has 29 heavy (non-hydrogen) atoms. The molecule has 0 saturated carbocycles. The lowest BCUT2D eigenvalue weighted by Gasteiger charge is -2.16. The number of halogens is 1. The van der Waals surface area contributed by atoms with Gasteiger partial charge in [0, 0.05) is 38.1 Å². The highest BCUT2D eigenvalue weighted by Gasteiger charge is 2.23. The van der Waals surface area contributed by atoms with E-state index < -0.39 is 10.0 Å². The molecule has 0 aromatic carbocycles. The lowest BCUT2D eigenvalue weighted by Crippen LogP contribution is -2.39. The van der Waals surface area contributed by atoms with Crippen molar-refractivity contribution in [1.29, 1.82) is 0 Å². The first kappa shape index (κ1) is 26.3. The number of hydrogen-bond donors (Lipinski definition) is 2. The molecule has 2 N–H and O–H groups in total. The molecule has 1 unspecified atom stereocenters. The molecule has 0 amide bonds. The van der Waals surface area contributed by atoms with Crippen molar-refractivity contribution in [3.63, 3.8) is 0 Å². The normalized spacial score (nSPS) is 13.2. The maximum atomic E-state index is 12.6. The molecular weight excluding hydrogens is 539 g/mol. The highest BCUT2D eigenvalue weighted by molar-refractivity contribution is 14.0. The number of thiophene rings is 2. The standard InChI is InChI=1S/C19H30N4O2S3.HI/c1-5-23(6-2)28(24,25)18-8-7-17(27-18)9-11-21-19(20-4)22-13-15(3)16-10-12-26-14-16;/h7-8,10,12,14-15H,5-6,9,11,13H2,1-4H3,(H2,20,21,22);1H. The Morgan fingerprint density at radius 1 is 1.21 bits per heavy atom. The van der Waals surface area contributed by atoms with Gasteiger partial charge in [0.15, 0.2) is 5.96 Å². The first-order valence-corrected chi connectivity index (χ1v) is 12.7. The Labute approximate surface area is 199 Å². The minimum Gasteiger partial charge on any atom is -0.356 e.